The van der Waals surface area contributed by atoms with Gasteiger partial charge in [0.25, 0.3) is 0 Å². The second-order valence-electron chi connectivity index (χ2n) is 5.73. The summed E-state index contributed by atoms with van der Waals surface area (Å²) >= 11 is 0. The van der Waals surface area contributed by atoms with Crippen LogP contribution in [0.5, 0.6) is 0 Å². The molecule has 78 valence electrons. The zero-order valence-corrected chi connectivity index (χ0v) is 10.0. The first kappa shape index (κ1) is 11.1. The van der Waals surface area contributed by atoms with Crippen molar-refractivity contribution in [2.45, 2.75) is 53.9 Å². The lowest BCUT2D eigenvalue weighted by Crippen LogP contribution is -2.30. The highest BCUT2D eigenvalue weighted by molar-refractivity contribution is 4.82. The quantitative estimate of drug-likeness (QED) is 0.595. The molecular weight excluding hydrogens is 156 g/mol. The minimum absolute atomic E-state index is 0.884. The highest BCUT2D eigenvalue weighted by Crippen LogP contribution is 2.41. The molecule has 0 N–H and O–H groups in total. The molecule has 0 amide bonds. The van der Waals surface area contributed by atoms with Gasteiger partial charge in [0.05, 0.1) is 0 Å². The van der Waals surface area contributed by atoms with Gasteiger partial charge in [0.15, 0.2) is 0 Å². The zero-order valence-electron chi connectivity index (χ0n) is 10.0. The van der Waals surface area contributed by atoms with Crippen molar-refractivity contribution in [3.63, 3.8) is 0 Å². The van der Waals surface area contributed by atoms with Gasteiger partial charge in [-0.2, -0.15) is 0 Å². The van der Waals surface area contributed by atoms with Gasteiger partial charge in [-0.15, -0.1) is 0 Å². The minimum Gasteiger partial charge on any atom is -0.0625 e. The first-order valence-electron chi connectivity index (χ1n) is 6.02. The Morgan fingerprint density at radius 3 is 1.85 bits per heavy atom. The van der Waals surface area contributed by atoms with E-state index in [1.54, 1.807) is 0 Å². The van der Waals surface area contributed by atoms with Gasteiger partial charge in [-0.3, -0.25) is 0 Å². The largest absolute Gasteiger partial charge is 0.0625 e. The van der Waals surface area contributed by atoms with Crippen LogP contribution in [0.3, 0.4) is 0 Å². The maximum atomic E-state index is 2.42. The summed E-state index contributed by atoms with van der Waals surface area (Å²) in [4.78, 5) is 0. The summed E-state index contributed by atoms with van der Waals surface area (Å²) < 4.78 is 0. The predicted molar refractivity (Wildman–Crippen MR) is 59.7 cm³/mol. The van der Waals surface area contributed by atoms with Crippen LogP contribution in [0.2, 0.25) is 0 Å². The average molecular weight is 182 g/mol. The van der Waals surface area contributed by atoms with E-state index in [0.29, 0.717) is 0 Å². The molecule has 13 heavy (non-hydrogen) atoms. The summed E-state index contributed by atoms with van der Waals surface area (Å²) in [5.74, 6) is 4.73. The summed E-state index contributed by atoms with van der Waals surface area (Å²) in [5.41, 5.74) is 0. The van der Waals surface area contributed by atoms with Crippen LogP contribution in [0, 0.1) is 29.6 Å². The van der Waals surface area contributed by atoms with Crippen LogP contribution in [0.1, 0.15) is 53.9 Å². The molecule has 0 nitrogen and oxygen atoms in total. The van der Waals surface area contributed by atoms with E-state index in [9.17, 15) is 0 Å². The topological polar surface area (TPSA) is 0 Å². The van der Waals surface area contributed by atoms with Gasteiger partial charge in [-0.05, 0) is 42.4 Å². The van der Waals surface area contributed by atoms with Gasteiger partial charge in [0.1, 0.15) is 0 Å². The summed E-state index contributed by atoms with van der Waals surface area (Å²) in [6.07, 6.45) is 4.41. The second kappa shape index (κ2) is 4.48. The lowest BCUT2D eigenvalue weighted by Gasteiger charge is -2.39. The van der Waals surface area contributed by atoms with Gasteiger partial charge < -0.3 is 0 Å². The minimum atomic E-state index is 0.884. The first-order chi connectivity index (χ1) is 6.02. The van der Waals surface area contributed by atoms with Gasteiger partial charge in [0, 0.05) is 0 Å². The Hall–Kier alpha value is 0. The molecule has 0 aliphatic heterocycles. The third-order valence-electron chi connectivity index (χ3n) is 3.93. The molecule has 1 aliphatic rings. The van der Waals surface area contributed by atoms with Crippen LogP contribution in [-0.4, -0.2) is 0 Å². The van der Waals surface area contributed by atoms with Crippen LogP contribution in [-0.2, 0) is 0 Å². The summed E-state index contributed by atoms with van der Waals surface area (Å²) in [7, 11) is 0. The van der Waals surface area contributed by atoms with Crippen LogP contribution >= 0.6 is 0 Å². The van der Waals surface area contributed by atoms with Crippen molar-refractivity contribution in [3.05, 3.63) is 0 Å². The van der Waals surface area contributed by atoms with Crippen LogP contribution in [0.4, 0.5) is 0 Å². The monoisotopic (exact) mass is 182 g/mol. The Morgan fingerprint density at radius 1 is 0.846 bits per heavy atom. The van der Waals surface area contributed by atoms with E-state index in [1.165, 1.54) is 19.3 Å². The normalized spacial score (nSPS) is 35.8. The Morgan fingerprint density at radius 2 is 1.38 bits per heavy atom. The molecule has 1 aliphatic carbocycles. The van der Waals surface area contributed by atoms with Gasteiger partial charge in [0.2, 0.25) is 0 Å². The van der Waals surface area contributed by atoms with E-state index >= 15 is 0 Å². The predicted octanol–water partition coefficient (Wildman–Crippen LogP) is 4.35. The fourth-order valence-electron chi connectivity index (χ4n) is 3.04. The van der Waals surface area contributed by atoms with Crippen molar-refractivity contribution >= 4 is 0 Å². The van der Waals surface area contributed by atoms with Crippen LogP contribution in [0.15, 0.2) is 0 Å². The molecule has 0 bridgehead atoms. The molecule has 1 saturated carbocycles. The molecular formula is C13H26. The Kier molecular flexibility index (Phi) is 3.82. The second-order valence-corrected chi connectivity index (χ2v) is 5.73. The highest BCUT2D eigenvalue weighted by Gasteiger charge is 2.32. The van der Waals surface area contributed by atoms with E-state index in [-0.39, 0.29) is 0 Å². The molecule has 0 heteroatoms. The smallest absolute Gasteiger partial charge is 0.0358 e. The standard InChI is InChI=1S/C13H26/c1-9(2)12-7-6-11(5)8-13(12)10(3)4/h9-13H,6-8H2,1-5H3. The maximum Gasteiger partial charge on any atom is -0.0358 e. The fourth-order valence-corrected chi connectivity index (χ4v) is 3.04. The summed E-state index contributed by atoms with van der Waals surface area (Å²) in [6.45, 7) is 12.0. The molecule has 0 radical (unpaired) electrons. The molecule has 3 atom stereocenters. The molecule has 0 spiro atoms. The Balaban J connectivity index is 2.60. The molecule has 0 aromatic heterocycles. The van der Waals surface area contributed by atoms with Crippen molar-refractivity contribution < 1.29 is 0 Å². The van der Waals surface area contributed by atoms with E-state index < -0.39 is 0 Å². The molecule has 0 aromatic rings. The van der Waals surface area contributed by atoms with Crippen molar-refractivity contribution in [1.82, 2.24) is 0 Å². The van der Waals surface area contributed by atoms with Crippen molar-refractivity contribution in [3.8, 4) is 0 Å². The van der Waals surface area contributed by atoms with Gasteiger partial charge in [-0.25, -0.2) is 0 Å². The third-order valence-corrected chi connectivity index (χ3v) is 3.93. The lowest BCUT2D eigenvalue weighted by molar-refractivity contribution is 0.106. The van der Waals surface area contributed by atoms with Crippen molar-refractivity contribution in [2.24, 2.45) is 29.6 Å². The van der Waals surface area contributed by atoms with Crippen molar-refractivity contribution in [1.29, 1.82) is 0 Å². The summed E-state index contributed by atoms with van der Waals surface area (Å²) in [6, 6.07) is 0. The summed E-state index contributed by atoms with van der Waals surface area (Å²) in [5, 5.41) is 0. The Labute approximate surface area is 84.1 Å². The first-order valence-corrected chi connectivity index (χ1v) is 6.02. The highest BCUT2D eigenvalue weighted by atomic mass is 14.4. The fraction of sp³-hybridized carbons (Fsp3) is 1.00. The van der Waals surface area contributed by atoms with E-state index in [1.807, 2.05) is 0 Å². The SMILES string of the molecule is CC1CCC(C(C)C)C(C(C)C)C1. The number of hydrogen-bond acceptors (Lipinski definition) is 0. The Bertz CT molecular complexity index is 146. The molecule has 0 aromatic carbocycles. The van der Waals surface area contributed by atoms with E-state index in [2.05, 4.69) is 34.6 Å². The molecule has 3 unspecified atom stereocenters. The van der Waals surface area contributed by atoms with E-state index in [0.717, 1.165) is 29.6 Å². The molecule has 0 saturated heterocycles. The van der Waals surface area contributed by atoms with Gasteiger partial charge >= 0.3 is 0 Å². The number of rotatable bonds is 2. The molecule has 1 fully saturated rings. The average Bonchev–Trinajstić information content (AvgIpc) is 2.03. The lowest BCUT2D eigenvalue weighted by atomic mass is 9.66. The van der Waals surface area contributed by atoms with Gasteiger partial charge in [-0.1, -0.05) is 41.0 Å². The molecule has 1 rings (SSSR count). The van der Waals surface area contributed by atoms with Crippen LogP contribution < -0.4 is 0 Å². The number of hydrogen-bond donors (Lipinski definition) is 0. The van der Waals surface area contributed by atoms with E-state index in [4.69, 9.17) is 0 Å². The zero-order chi connectivity index (χ0) is 10.0. The van der Waals surface area contributed by atoms with Crippen molar-refractivity contribution in [2.75, 3.05) is 0 Å². The molecule has 0 heterocycles. The van der Waals surface area contributed by atoms with Crippen LogP contribution in [0.25, 0.3) is 0 Å². The maximum absolute atomic E-state index is 2.42. The third kappa shape index (κ3) is 2.72.